The highest BCUT2D eigenvalue weighted by Crippen LogP contribution is 2.28. The number of hydrogen-bond donors (Lipinski definition) is 1. The molecule has 8 heteroatoms. The Kier molecular flexibility index (Phi) is 5.15. The molecule has 112 valence electrons. The SMILES string of the molecule is CCCSc1nn(-c2ncccn2)c(N)c1C(=O)OCC. The number of carbonyl (C=O) groups is 1. The summed E-state index contributed by atoms with van der Waals surface area (Å²) in [6.45, 7) is 4.08. The zero-order valence-corrected chi connectivity index (χ0v) is 12.8. The fourth-order valence-corrected chi connectivity index (χ4v) is 2.53. The maximum absolute atomic E-state index is 12.1. The Bertz CT molecular complexity index is 615. The van der Waals surface area contributed by atoms with Crippen molar-refractivity contribution in [2.75, 3.05) is 18.1 Å². The van der Waals surface area contributed by atoms with Crippen LogP contribution in [0, 0.1) is 0 Å². The number of nitrogens with two attached hydrogens (primary N) is 1. The van der Waals surface area contributed by atoms with Crippen LogP contribution in [0.1, 0.15) is 30.6 Å². The number of nitrogen functional groups attached to an aromatic ring is 1. The van der Waals surface area contributed by atoms with Gasteiger partial charge < -0.3 is 10.5 Å². The van der Waals surface area contributed by atoms with Crippen molar-refractivity contribution in [3.63, 3.8) is 0 Å². The first-order valence-electron chi connectivity index (χ1n) is 6.64. The van der Waals surface area contributed by atoms with Gasteiger partial charge in [0.25, 0.3) is 5.95 Å². The topological polar surface area (TPSA) is 95.9 Å². The fourth-order valence-electron chi connectivity index (χ4n) is 1.66. The Morgan fingerprint density at radius 2 is 2.10 bits per heavy atom. The van der Waals surface area contributed by atoms with E-state index >= 15 is 0 Å². The van der Waals surface area contributed by atoms with E-state index in [1.807, 2.05) is 0 Å². The molecule has 0 radical (unpaired) electrons. The number of nitrogens with zero attached hydrogens (tertiary/aromatic N) is 4. The number of thioether (sulfide) groups is 1. The molecule has 2 aromatic rings. The van der Waals surface area contributed by atoms with Gasteiger partial charge in [-0.2, -0.15) is 9.78 Å². The summed E-state index contributed by atoms with van der Waals surface area (Å²) in [6.07, 6.45) is 4.14. The molecule has 21 heavy (non-hydrogen) atoms. The van der Waals surface area contributed by atoms with Gasteiger partial charge in [0.15, 0.2) is 0 Å². The van der Waals surface area contributed by atoms with Crippen LogP contribution in [0.3, 0.4) is 0 Å². The summed E-state index contributed by atoms with van der Waals surface area (Å²) in [5, 5.41) is 4.89. The lowest BCUT2D eigenvalue weighted by atomic mass is 10.3. The lowest BCUT2D eigenvalue weighted by Gasteiger charge is -2.03. The number of hydrogen-bond acceptors (Lipinski definition) is 7. The van der Waals surface area contributed by atoms with Crippen LogP contribution in [-0.2, 0) is 4.74 Å². The zero-order valence-electron chi connectivity index (χ0n) is 11.9. The van der Waals surface area contributed by atoms with Crippen LogP contribution < -0.4 is 5.73 Å². The van der Waals surface area contributed by atoms with Crippen LogP contribution in [0.4, 0.5) is 5.82 Å². The molecule has 0 atom stereocenters. The van der Waals surface area contributed by atoms with Gasteiger partial charge in [-0.05, 0) is 25.2 Å². The monoisotopic (exact) mass is 307 g/mol. The molecule has 0 fully saturated rings. The first-order valence-corrected chi connectivity index (χ1v) is 7.63. The predicted octanol–water partition coefficient (Wildman–Crippen LogP) is 1.92. The largest absolute Gasteiger partial charge is 0.462 e. The van der Waals surface area contributed by atoms with Crippen molar-refractivity contribution in [3.05, 3.63) is 24.0 Å². The molecular formula is C13H17N5O2S. The minimum absolute atomic E-state index is 0.193. The van der Waals surface area contributed by atoms with Gasteiger partial charge >= 0.3 is 5.97 Å². The van der Waals surface area contributed by atoms with Crippen molar-refractivity contribution >= 4 is 23.5 Å². The van der Waals surface area contributed by atoms with Gasteiger partial charge in [-0.25, -0.2) is 14.8 Å². The molecular weight excluding hydrogens is 290 g/mol. The van der Waals surface area contributed by atoms with Gasteiger partial charge in [-0.3, -0.25) is 0 Å². The summed E-state index contributed by atoms with van der Waals surface area (Å²) >= 11 is 1.46. The van der Waals surface area contributed by atoms with Crippen molar-refractivity contribution in [3.8, 4) is 5.95 Å². The van der Waals surface area contributed by atoms with Gasteiger partial charge in [-0.15, -0.1) is 11.8 Å². The highest BCUT2D eigenvalue weighted by atomic mass is 32.2. The van der Waals surface area contributed by atoms with E-state index in [-0.39, 0.29) is 18.0 Å². The second-order valence-corrected chi connectivity index (χ2v) is 5.18. The average molecular weight is 307 g/mol. The molecule has 0 aliphatic rings. The Hall–Kier alpha value is -2.09. The van der Waals surface area contributed by atoms with E-state index in [1.165, 1.54) is 16.4 Å². The third kappa shape index (κ3) is 3.33. The van der Waals surface area contributed by atoms with E-state index in [0.717, 1.165) is 12.2 Å². The van der Waals surface area contributed by atoms with E-state index in [2.05, 4.69) is 22.0 Å². The van der Waals surface area contributed by atoms with E-state index in [0.29, 0.717) is 11.0 Å². The molecule has 0 saturated heterocycles. The van der Waals surface area contributed by atoms with E-state index in [9.17, 15) is 4.79 Å². The minimum Gasteiger partial charge on any atom is -0.462 e. The van der Waals surface area contributed by atoms with Crippen LogP contribution >= 0.6 is 11.8 Å². The molecule has 0 amide bonds. The quantitative estimate of drug-likeness (QED) is 0.643. The van der Waals surface area contributed by atoms with Crippen molar-refractivity contribution in [2.45, 2.75) is 25.3 Å². The number of aromatic nitrogens is 4. The second kappa shape index (κ2) is 7.07. The van der Waals surface area contributed by atoms with Gasteiger partial charge in [0.1, 0.15) is 16.4 Å². The first-order chi connectivity index (χ1) is 10.2. The molecule has 2 N–H and O–H groups in total. The molecule has 2 aromatic heterocycles. The predicted molar refractivity (Wildman–Crippen MR) is 80.5 cm³/mol. The maximum Gasteiger partial charge on any atom is 0.344 e. The standard InChI is InChI=1S/C13H17N5O2S/c1-3-8-21-11-9(12(19)20-4-2)10(14)18(17-11)13-15-6-5-7-16-13/h5-7H,3-4,8,14H2,1-2H3. The molecule has 7 nitrogen and oxygen atoms in total. The number of esters is 1. The molecule has 2 rings (SSSR count). The summed E-state index contributed by atoms with van der Waals surface area (Å²) in [5.41, 5.74) is 6.33. The van der Waals surface area contributed by atoms with Crippen LogP contribution in [0.2, 0.25) is 0 Å². The fraction of sp³-hybridized carbons (Fsp3) is 0.385. The number of anilines is 1. The molecule has 0 aliphatic carbocycles. The molecule has 0 bridgehead atoms. The second-order valence-electron chi connectivity index (χ2n) is 4.09. The number of carbonyl (C=O) groups excluding carboxylic acids is 1. The Morgan fingerprint density at radius 1 is 1.38 bits per heavy atom. The third-order valence-corrected chi connectivity index (χ3v) is 3.72. The summed E-state index contributed by atoms with van der Waals surface area (Å²) in [4.78, 5) is 20.3. The summed E-state index contributed by atoms with van der Waals surface area (Å²) in [5.74, 6) is 0.872. The highest BCUT2D eigenvalue weighted by Gasteiger charge is 2.25. The van der Waals surface area contributed by atoms with Crippen LogP contribution in [0.5, 0.6) is 0 Å². The van der Waals surface area contributed by atoms with Crippen molar-refractivity contribution in [1.82, 2.24) is 19.7 Å². The van der Waals surface area contributed by atoms with E-state index in [1.54, 1.807) is 25.4 Å². The van der Waals surface area contributed by atoms with Crippen molar-refractivity contribution in [2.24, 2.45) is 0 Å². The van der Waals surface area contributed by atoms with Crippen LogP contribution in [-0.4, -0.2) is 38.1 Å². The van der Waals surface area contributed by atoms with Gasteiger partial charge in [-0.1, -0.05) is 6.92 Å². The summed E-state index contributed by atoms with van der Waals surface area (Å²) in [7, 11) is 0. The molecule has 2 heterocycles. The first kappa shape index (κ1) is 15.3. The minimum atomic E-state index is -0.476. The van der Waals surface area contributed by atoms with Gasteiger partial charge in [0, 0.05) is 12.4 Å². The number of ether oxygens (including phenoxy) is 1. The lowest BCUT2D eigenvalue weighted by molar-refractivity contribution is 0.0523. The molecule has 0 aliphatic heterocycles. The highest BCUT2D eigenvalue weighted by molar-refractivity contribution is 7.99. The summed E-state index contributed by atoms with van der Waals surface area (Å²) < 4.78 is 6.42. The molecule has 0 aromatic carbocycles. The maximum atomic E-state index is 12.1. The molecule has 0 spiro atoms. The van der Waals surface area contributed by atoms with Crippen molar-refractivity contribution < 1.29 is 9.53 Å². The summed E-state index contributed by atoms with van der Waals surface area (Å²) in [6, 6.07) is 1.70. The Morgan fingerprint density at radius 3 is 2.71 bits per heavy atom. The Balaban J connectivity index is 2.46. The van der Waals surface area contributed by atoms with Crippen molar-refractivity contribution in [1.29, 1.82) is 0 Å². The third-order valence-electron chi connectivity index (χ3n) is 2.55. The lowest BCUT2D eigenvalue weighted by Crippen LogP contribution is -2.10. The van der Waals surface area contributed by atoms with E-state index < -0.39 is 5.97 Å². The average Bonchev–Trinajstić information content (AvgIpc) is 2.83. The smallest absolute Gasteiger partial charge is 0.344 e. The van der Waals surface area contributed by atoms with Gasteiger partial charge in [0.2, 0.25) is 0 Å². The van der Waals surface area contributed by atoms with Gasteiger partial charge in [0.05, 0.1) is 6.61 Å². The number of rotatable bonds is 6. The zero-order chi connectivity index (χ0) is 15.2. The molecule has 0 unspecified atom stereocenters. The molecule has 0 saturated carbocycles. The van der Waals surface area contributed by atoms with E-state index in [4.69, 9.17) is 10.5 Å². The normalized spacial score (nSPS) is 10.6. The Labute approximate surface area is 126 Å². The van der Waals surface area contributed by atoms with Crippen LogP contribution in [0.15, 0.2) is 23.5 Å². The van der Waals surface area contributed by atoms with Crippen LogP contribution in [0.25, 0.3) is 5.95 Å².